The molecule has 3 heteroatoms. The lowest BCUT2D eigenvalue weighted by atomic mass is 9.97. The van der Waals surface area contributed by atoms with Gasteiger partial charge < -0.3 is 9.53 Å². The Morgan fingerprint density at radius 3 is 2.25 bits per heavy atom. The highest BCUT2D eigenvalue weighted by atomic mass is 28.4. The maximum Gasteiger partial charge on any atom is 0.192 e. The Hall–Kier alpha value is -0.903. The Bertz CT molecular complexity index is 420. The Morgan fingerprint density at radius 1 is 1.25 bits per heavy atom. The molecule has 112 valence electrons. The third-order valence-corrected chi connectivity index (χ3v) is 8.79. The first-order chi connectivity index (χ1) is 9.19. The number of hydrogen-bond donors (Lipinski definition) is 1. The van der Waals surface area contributed by atoms with Crippen LogP contribution in [0.15, 0.2) is 43.0 Å². The van der Waals surface area contributed by atoms with Gasteiger partial charge in [-0.3, -0.25) is 0 Å². The molecule has 20 heavy (non-hydrogen) atoms. The normalized spacial score (nSPS) is 15.7. The van der Waals surface area contributed by atoms with Crippen molar-refractivity contribution in [2.75, 3.05) is 6.61 Å². The molecule has 0 radical (unpaired) electrons. The van der Waals surface area contributed by atoms with E-state index in [1.165, 1.54) is 0 Å². The summed E-state index contributed by atoms with van der Waals surface area (Å²) >= 11 is 0. The summed E-state index contributed by atoms with van der Waals surface area (Å²) in [4.78, 5) is 0. The van der Waals surface area contributed by atoms with Crippen LogP contribution < -0.4 is 0 Å². The highest BCUT2D eigenvalue weighted by Gasteiger charge is 2.37. The van der Waals surface area contributed by atoms with Gasteiger partial charge in [0.1, 0.15) is 0 Å². The van der Waals surface area contributed by atoms with E-state index in [0.717, 1.165) is 5.56 Å². The first-order valence-electron chi connectivity index (χ1n) is 7.18. The molecule has 0 aliphatic rings. The standard InChI is InChI=1S/C17H28O2Si/c1-7-14(13-19-20(5,6)17(2,3)4)16(18)15-11-9-8-10-12-15/h7-12,14,16,18H,1,13H2,2-6H3/t14-,16-/m1/s1. The van der Waals surface area contributed by atoms with E-state index in [9.17, 15) is 5.11 Å². The number of benzene rings is 1. The van der Waals surface area contributed by atoms with Crippen LogP contribution in [0.3, 0.4) is 0 Å². The monoisotopic (exact) mass is 292 g/mol. The van der Waals surface area contributed by atoms with Gasteiger partial charge in [-0.1, -0.05) is 57.2 Å². The fourth-order valence-electron chi connectivity index (χ4n) is 1.71. The molecule has 0 aromatic heterocycles. The Balaban J connectivity index is 2.72. The van der Waals surface area contributed by atoms with E-state index in [1.807, 2.05) is 30.3 Å². The van der Waals surface area contributed by atoms with Gasteiger partial charge in [0.05, 0.1) is 6.10 Å². The smallest absolute Gasteiger partial charge is 0.192 e. The predicted molar refractivity (Wildman–Crippen MR) is 88.2 cm³/mol. The van der Waals surface area contributed by atoms with Crippen molar-refractivity contribution in [2.45, 2.75) is 45.0 Å². The van der Waals surface area contributed by atoms with Gasteiger partial charge in [0.25, 0.3) is 0 Å². The molecule has 1 N–H and O–H groups in total. The summed E-state index contributed by atoms with van der Waals surface area (Å²) in [5, 5.41) is 10.6. The lowest BCUT2D eigenvalue weighted by molar-refractivity contribution is 0.0949. The van der Waals surface area contributed by atoms with Crippen molar-refractivity contribution in [2.24, 2.45) is 5.92 Å². The van der Waals surface area contributed by atoms with Gasteiger partial charge in [0.15, 0.2) is 8.32 Å². The van der Waals surface area contributed by atoms with E-state index in [1.54, 1.807) is 6.08 Å². The molecule has 1 rings (SSSR count). The predicted octanol–water partition coefficient (Wildman–Crippen LogP) is 4.54. The van der Waals surface area contributed by atoms with Crippen molar-refractivity contribution >= 4 is 8.32 Å². The molecule has 0 saturated carbocycles. The summed E-state index contributed by atoms with van der Waals surface area (Å²) in [7, 11) is -1.79. The molecule has 1 aromatic rings. The lowest BCUT2D eigenvalue weighted by Crippen LogP contribution is -2.42. The van der Waals surface area contributed by atoms with Crippen LogP contribution in [0.4, 0.5) is 0 Å². The van der Waals surface area contributed by atoms with Crippen molar-refractivity contribution < 1.29 is 9.53 Å². The average Bonchev–Trinajstić information content (AvgIpc) is 2.38. The van der Waals surface area contributed by atoms with Gasteiger partial charge in [0, 0.05) is 12.5 Å². The average molecular weight is 292 g/mol. The maximum absolute atomic E-state index is 10.4. The molecule has 2 atom stereocenters. The first kappa shape index (κ1) is 17.1. The van der Waals surface area contributed by atoms with E-state index in [2.05, 4.69) is 40.4 Å². The molecule has 0 aliphatic heterocycles. The van der Waals surface area contributed by atoms with Crippen molar-refractivity contribution in [3.8, 4) is 0 Å². The molecule has 0 aliphatic carbocycles. The Morgan fingerprint density at radius 2 is 1.80 bits per heavy atom. The van der Waals surface area contributed by atoms with Crippen molar-refractivity contribution in [3.05, 3.63) is 48.6 Å². The Labute approximate surface area is 124 Å². The lowest BCUT2D eigenvalue weighted by Gasteiger charge is -2.37. The zero-order chi connectivity index (χ0) is 15.4. The number of hydrogen-bond acceptors (Lipinski definition) is 2. The molecule has 0 heterocycles. The fraction of sp³-hybridized carbons (Fsp3) is 0.529. The van der Waals surface area contributed by atoms with Gasteiger partial charge >= 0.3 is 0 Å². The minimum Gasteiger partial charge on any atom is -0.416 e. The number of aliphatic hydroxyl groups is 1. The van der Waals surface area contributed by atoms with Crippen LogP contribution in [-0.4, -0.2) is 20.0 Å². The van der Waals surface area contributed by atoms with E-state index in [0.29, 0.717) is 6.61 Å². The molecule has 0 amide bonds. The second-order valence-electron chi connectivity index (χ2n) is 6.83. The van der Waals surface area contributed by atoms with Gasteiger partial charge in [0.2, 0.25) is 0 Å². The zero-order valence-corrected chi connectivity index (χ0v) is 14.4. The summed E-state index contributed by atoms with van der Waals surface area (Å²) < 4.78 is 6.20. The summed E-state index contributed by atoms with van der Waals surface area (Å²) in [6, 6.07) is 9.70. The van der Waals surface area contributed by atoms with Crippen LogP contribution >= 0.6 is 0 Å². The summed E-state index contributed by atoms with van der Waals surface area (Å²) in [6.07, 6.45) is 1.24. The van der Waals surface area contributed by atoms with E-state index in [4.69, 9.17) is 4.43 Å². The fourth-order valence-corrected chi connectivity index (χ4v) is 2.75. The van der Waals surface area contributed by atoms with E-state index >= 15 is 0 Å². The topological polar surface area (TPSA) is 29.5 Å². The van der Waals surface area contributed by atoms with Gasteiger partial charge in [-0.25, -0.2) is 0 Å². The number of aliphatic hydroxyl groups excluding tert-OH is 1. The quantitative estimate of drug-likeness (QED) is 0.616. The molecule has 0 fully saturated rings. The second-order valence-corrected chi connectivity index (χ2v) is 11.6. The van der Waals surface area contributed by atoms with Crippen LogP contribution in [0.5, 0.6) is 0 Å². The molecule has 0 spiro atoms. The highest BCUT2D eigenvalue weighted by molar-refractivity contribution is 6.74. The molecular formula is C17H28O2Si. The van der Waals surface area contributed by atoms with Crippen LogP contribution in [-0.2, 0) is 4.43 Å². The number of rotatable bonds is 6. The van der Waals surface area contributed by atoms with Crippen molar-refractivity contribution in [1.29, 1.82) is 0 Å². The molecule has 0 bridgehead atoms. The third kappa shape index (κ3) is 4.30. The maximum atomic E-state index is 10.4. The van der Waals surface area contributed by atoms with Crippen LogP contribution in [0.1, 0.15) is 32.4 Å². The zero-order valence-electron chi connectivity index (χ0n) is 13.4. The van der Waals surface area contributed by atoms with Gasteiger partial charge in [-0.15, -0.1) is 6.58 Å². The second kappa shape index (κ2) is 6.70. The minimum atomic E-state index is -1.79. The Kier molecular flexibility index (Phi) is 5.75. The van der Waals surface area contributed by atoms with E-state index < -0.39 is 14.4 Å². The molecule has 0 saturated heterocycles. The molecule has 0 unspecified atom stereocenters. The largest absolute Gasteiger partial charge is 0.416 e. The summed E-state index contributed by atoms with van der Waals surface area (Å²) in [6.45, 7) is 15.5. The van der Waals surface area contributed by atoms with Crippen molar-refractivity contribution in [1.82, 2.24) is 0 Å². The van der Waals surface area contributed by atoms with Crippen LogP contribution in [0, 0.1) is 5.92 Å². The van der Waals surface area contributed by atoms with Crippen molar-refractivity contribution in [3.63, 3.8) is 0 Å². The summed E-state index contributed by atoms with van der Waals surface area (Å²) in [5.74, 6) is -0.0773. The van der Waals surface area contributed by atoms with E-state index in [-0.39, 0.29) is 11.0 Å². The van der Waals surface area contributed by atoms with Crippen LogP contribution in [0.2, 0.25) is 18.1 Å². The van der Waals surface area contributed by atoms with Gasteiger partial charge in [-0.2, -0.15) is 0 Å². The first-order valence-corrected chi connectivity index (χ1v) is 10.1. The van der Waals surface area contributed by atoms with Gasteiger partial charge in [-0.05, 0) is 23.7 Å². The SMILES string of the molecule is C=C[C@H](CO[Si](C)(C)C(C)(C)C)[C@@H](O)c1ccccc1. The minimum absolute atomic E-state index is 0.0773. The molecule has 2 nitrogen and oxygen atoms in total. The highest BCUT2D eigenvalue weighted by Crippen LogP contribution is 2.37. The molecule has 1 aromatic carbocycles. The third-order valence-electron chi connectivity index (χ3n) is 4.29. The molecular weight excluding hydrogens is 264 g/mol. The summed E-state index contributed by atoms with van der Waals surface area (Å²) in [5.41, 5.74) is 0.913. The van der Waals surface area contributed by atoms with Crippen LogP contribution in [0.25, 0.3) is 0 Å².